The summed E-state index contributed by atoms with van der Waals surface area (Å²) in [6.07, 6.45) is -0.00219. The lowest BCUT2D eigenvalue weighted by molar-refractivity contribution is -0.139. The highest BCUT2D eigenvalue weighted by Crippen LogP contribution is 2.35. The standard InChI is InChI=1S/C15H21NO4/c1-2-20-10-11(17)9-16-8-7-13(15(18)19)12-5-3-4-6-14(12)16/h3-6,11,13,17H,2,7-10H2,1H3,(H,18,19). The summed E-state index contributed by atoms with van der Waals surface area (Å²) in [6.45, 7) is 3.87. The molecule has 1 heterocycles. The zero-order valence-corrected chi connectivity index (χ0v) is 11.7. The van der Waals surface area contributed by atoms with Gasteiger partial charge in [0.05, 0.1) is 18.6 Å². The number of β-amino-alcohol motifs (C(OH)–C–C–N with tert-alkyl or cyclic N) is 1. The number of fused-ring (bicyclic) bond motifs is 1. The Kier molecular flexibility index (Phi) is 4.98. The molecule has 2 N–H and O–H groups in total. The maximum Gasteiger partial charge on any atom is 0.311 e. The molecule has 0 radical (unpaired) electrons. The highest BCUT2D eigenvalue weighted by atomic mass is 16.5. The van der Waals surface area contributed by atoms with E-state index in [0.29, 0.717) is 32.7 Å². The van der Waals surface area contributed by atoms with Gasteiger partial charge < -0.3 is 19.8 Å². The SMILES string of the molecule is CCOCC(O)CN1CCC(C(=O)O)c2ccccc21. The number of carbonyl (C=O) groups is 1. The molecule has 1 aromatic carbocycles. The number of rotatable bonds is 6. The minimum absolute atomic E-state index is 0.303. The number of carboxylic acid groups (broad SMARTS) is 1. The van der Waals surface area contributed by atoms with E-state index in [1.54, 1.807) is 0 Å². The van der Waals surface area contributed by atoms with Crippen molar-refractivity contribution < 1.29 is 19.7 Å². The second kappa shape index (κ2) is 6.72. The van der Waals surface area contributed by atoms with Gasteiger partial charge in [-0.15, -0.1) is 0 Å². The second-order valence-corrected chi connectivity index (χ2v) is 5.00. The van der Waals surface area contributed by atoms with Gasteiger partial charge in [-0.3, -0.25) is 4.79 Å². The van der Waals surface area contributed by atoms with Crippen LogP contribution < -0.4 is 4.90 Å². The van der Waals surface area contributed by atoms with Gasteiger partial charge in [0.2, 0.25) is 0 Å². The normalized spacial score (nSPS) is 19.5. The maximum absolute atomic E-state index is 11.3. The van der Waals surface area contributed by atoms with Gasteiger partial charge >= 0.3 is 5.97 Å². The van der Waals surface area contributed by atoms with Gasteiger partial charge in [-0.05, 0) is 25.0 Å². The predicted molar refractivity (Wildman–Crippen MR) is 76.1 cm³/mol. The Morgan fingerprint density at radius 1 is 1.50 bits per heavy atom. The molecule has 0 aliphatic carbocycles. The van der Waals surface area contributed by atoms with E-state index in [1.165, 1.54) is 0 Å². The number of nitrogens with zero attached hydrogens (tertiary/aromatic N) is 1. The molecule has 2 unspecified atom stereocenters. The zero-order valence-electron chi connectivity index (χ0n) is 11.7. The van der Waals surface area contributed by atoms with Crippen LogP contribution >= 0.6 is 0 Å². The van der Waals surface area contributed by atoms with Crippen molar-refractivity contribution in [2.45, 2.75) is 25.4 Å². The Morgan fingerprint density at radius 2 is 2.25 bits per heavy atom. The fourth-order valence-electron chi connectivity index (χ4n) is 2.64. The van der Waals surface area contributed by atoms with E-state index in [9.17, 15) is 15.0 Å². The van der Waals surface area contributed by atoms with Crippen LogP contribution in [0.25, 0.3) is 0 Å². The summed E-state index contributed by atoms with van der Waals surface area (Å²) in [6, 6.07) is 7.52. The van der Waals surface area contributed by atoms with Crippen LogP contribution in [-0.4, -0.2) is 48.6 Å². The first-order valence-corrected chi connectivity index (χ1v) is 6.96. The van der Waals surface area contributed by atoms with Crippen LogP contribution in [-0.2, 0) is 9.53 Å². The molecule has 2 atom stereocenters. The summed E-state index contributed by atoms with van der Waals surface area (Å²) >= 11 is 0. The molecule has 1 aliphatic heterocycles. The van der Waals surface area contributed by atoms with E-state index in [4.69, 9.17) is 4.74 Å². The molecule has 0 amide bonds. The first-order valence-electron chi connectivity index (χ1n) is 6.96. The molecule has 0 bridgehead atoms. The van der Waals surface area contributed by atoms with Crippen LogP contribution in [0.2, 0.25) is 0 Å². The van der Waals surface area contributed by atoms with Gasteiger partial charge in [-0.1, -0.05) is 18.2 Å². The first-order chi connectivity index (χ1) is 9.63. The third-order valence-electron chi connectivity index (χ3n) is 3.58. The molecule has 110 valence electrons. The molecule has 1 aromatic rings. The fourth-order valence-corrected chi connectivity index (χ4v) is 2.64. The third-order valence-corrected chi connectivity index (χ3v) is 3.58. The van der Waals surface area contributed by atoms with Crippen LogP contribution in [0.3, 0.4) is 0 Å². The number of ether oxygens (including phenoxy) is 1. The summed E-state index contributed by atoms with van der Waals surface area (Å²) < 4.78 is 5.21. The topological polar surface area (TPSA) is 70.0 Å². The second-order valence-electron chi connectivity index (χ2n) is 5.00. The summed E-state index contributed by atoms with van der Waals surface area (Å²) in [5, 5.41) is 19.2. The van der Waals surface area contributed by atoms with Crippen molar-refractivity contribution in [3.05, 3.63) is 29.8 Å². The molecule has 0 fully saturated rings. The van der Waals surface area contributed by atoms with Crippen molar-refractivity contribution in [1.29, 1.82) is 0 Å². The number of hydrogen-bond acceptors (Lipinski definition) is 4. The Morgan fingerprint density at radius 3 is 2.95 bits per heavy atom. The van der Waals surface area contributed by atoms with E-state index in [0.717, 1.165) is 11.3 Å². The monoisotopic (exact) mass is 279 g/mol. The van der Waals surface area contributed by atoms with Gasteiger partial charge in [0, 0.05) is 25.4 Å². The van der Waals surface area contributed by atoms with Crippen LogP contribution in [0.1, 0.15) is 24.8 Å². The van der Waals surface area contributed by atoms with E-state index in [2.05, 4.69) is 0 Å². The lowest BCUT2D eigenvalue weighted by Crippen LogP contribution is -2.40. The zero-order chi connectivity index (χ0) is 14.5. The number of aliphatic hydroxyl groups is 1. The van der Waals surface area contributed by atoms with E-state index in [1.807, 2.05) is 36.1 Å². The summed E-state index contributed by atoms with van der Waals surface area (Å²) in [5.41, 5.74) is 1.73. The Bertz CT molecular complexity index is 463. The minimum atomic E-state index is -0.785. The number of para-hydroxylation sites is 1. The Balaban J connectivity index is 2.13. The summed E-state index contributed by atoms with van der Waals surface area (Å²) in [5.74, 6) is -1.24. The smallest absolute Gasteiger partial charge is 0.311 e. The highest BCUT2D eigenvalue weighted by molar-refractivity contribution is 5.80. The van der Waals surface area contributed by atoms with Crippen LogP contribution in [0.4, 0.5) is 5.69 Å². The van der Waals surface area contributed by atoms with Crippen molar-refractivity contribution >= 4 is 11.7 Å². The third kappa shape index (κ3) is 3.29. The molecule has 20 heavy (non-hydrogen) atoms. The van der Waals surface area contributed by atoms with E-state index in [-0.39, 0.29) is 0 Å². The van der Waals surface area contributed by atoms with Gasteiger partial charge in [-0.25, -0.2) is 0 Å². The quantitative estimate of drug-likeness (QED) is 0.825. The average molecular weight is 279 g/mol. The van der Waals surface area contributed by atoms with E-state index >= 15 is 0 Å². The Hall–Kier alpha value is -1.59. The lowest BCUT2D eigenvalue weighted by atomic mass is 9.90. The highest BCUT2D eigenvalue weighted by Gasteiger charge is 2.30. The van der Waals surface area contributed by atoms with Crippen molar-refractivity contribution in [2.24, 2.45) is 0 Å². The maximum atomic E-state index is 11.3. The van der Waals surface area contributed by atoms with E-state index < -0.39 is 18.0 Å². The number of hydrogen-bond donors (Lipinski definition) is 2. The molecule has 0 aromatic heterocycles. The number of aliphatic hydroxyl groups excluding tert-OH is 1. The van der Waals surface area contributed by atoms with Gasteiger partial charge in [0.15, 0.2) is 0 Å². The van der Waals surface area contributed by atoms with Gasteiger partial charge in [0.25, 0.3) is 0 Å². The number of anilines is 1. The number of carboxylic acids is 1. The van der Waals surface area contributed by atoms with Crippen molar-refractivity contribution in [1.82, 2.24) is 0 Å². The molecule has 2 rings (SSSR count). The molecule has 0 spiro atoms. The minimum Gasteiger partial charge on any atom is -0.481 e. The Labute approximate surface area is 118 Å². The largest absolute Gasteiger partial charge is 0.481 e. The van der Waals surface area contributed by atoms with Crippen LogP contribution in [0.15, 0.2) is 24.3 Å². The average Bonchev–Trinajstić information content (AvgIpc) is 2.45. The van der Waals surface area contributed by atoms with Crippen molar-refractivity contribution in [2.75, 3.05) is 31.2 Å². The van der Waals surface area contributed by atoms with Gasteiger partial charge in [-0.2, -0.15) is 0 Å². The lowest BCUT2D eigenvalue weighted by Gasteiger charge is -2.35. The molecule has 5 nitrogen and oxygen atoms in total. The van der Waals surface area contributed by atoms with Crippen LogP contribution in [0, 0.1) is 0 Å². The fraction of sp³-hybridized carbons (Fsp3) is 0.533. The van der Waals surface area contributed by atoms with Crippen LogP contribution in [0.5, 0.6) is 0 Å². The van der Waals surface area contributed by atoms with Crippen molar-refractivity contribution in [3.8, 4) is 0 Å². The summed E-state index contributed by atoms with van der Waals surface area (Å²) in [7, 11) is 0. The molecule has 0 saturated carbocycles. The number of aliphatic carboxylic acids is 1. The van der Waals surface area contributed by atoms with Crippen molar-refractivity contribution in [3.63, 3.8) is 0 Å². The molecule has 5 heteroatoms. The first kappa shape index (κ1) is 14.8. The molecule has 0 saturated heterocycles. The van der Waals surface area contributed by atoms with Gasteiger partial charge in [0.1, 0.15) is 0 Å². The predicted octanol–water partition coefficient (Wildman–Crippen LogP) is 1.46. The molecular formula is C15H21NO4. The molecule has 1 aliphatic rings. The molecular weight excluding hydrogens is 258 g/mol. The number of benzene rings is 1. The summed E-state index contributed by atoms with van der Waals surface area (Å²) in [4.78, 5) is 13.3.